The van der Waals surface area contributed by atoms with Gasteiger partial charge in [0.2, 0.25) is 0 Å². The normalized spacial score (nSPS) is 14.7. The van der Waals surface area contributed by atoms with Crippen LogP contribution in [0.15, 0.2) is 18.3 Å². The first-order valence-electron chi connectivity index (χ1n) is 8.83. The van der Waals surface area contributed by atoms with E-state index in [1.54, 1.807) is 6.20 Å². The van der Waals surface area contributed by atoms with Crippen LogP contribution in [0.1, 0.15) is 37.2 Å². The van der Waals surface area contributed by atoms with E-state index in [-0.39, 0.29) is 5.91 Å². The lowest BCUT2D eigenvalue weighted by Crippen LogP contribution is -2.35. The molecule has 7 nitrogen and oxygen atoms in total. The lowest BCUT2D eigenvalue weighted by Gasteiger charge is -2.20. The smallest absolute Gasteiger partial charge is 0.270 e. The highest BCUT2D eigenvalue weighted by molar-refractivity contribution is 5.93. The van der Waals surface area contributed by atoms with Crippen molar-refractivity contribution in [2.45, 2.75) is 26.7 Å². The number of hydrogen-bond donors (Lipinski definition) is 1. The van der Waals surface area contributed by atoms with Crippen molar-refractivity contribution in [2.24, 2.45) is 0 Å². The minimum absolute atomic E-state index is 0.119. The largest absolute Gasteiger partial charge is 0.356 e. The Morgan fingerprint density at radius 1 is 1.29 bits per heavy atom. The van der Waals surface area contributed by atoms with E-state index in [0.29, 0.717) is 17.9 Å². The van der Waals surface area contributed by atoms with Gasteiger partial charge in [-0.05, 0) is 25.9 Å². The maximum atomic E-state index is 12.5. The van der Waals surface area contributed by atoms with E-state index in [0.717, 1.165) is 38.5 Å². The van der Waals surface area contributed by atoms with Crippen molar-refractivity contribution in [1.82, 2.24) is 24.8 Å². The Balaban J connectivity index is 1.75. The van der Waals surface area contributed by atoms with Gasteiger partial charge in [0.05, 0.1) is 6.20 Å². The van der Waals surface area contributed by atoms with Gasteiger partial charge in [-0.1, -0.05) is 13.8 Å². The monoisotopic (exact) mass is 330 g/mol. The van der Waals surface area contributed by atoms with E-state index in [4.69, 9.17) is 0 Å². The van der Waals surface area contributed by atoms with Crippen molar-refractivity contribution >= 4 is 17.4 Å². The van der Waals surface area contributed by atoms with Crippen LogP contribution in [-0.4, -0.2) is 64.7 Å². The minimum Gasteiger partial charge on any atom is -0.356 e. The van der Waals surface area contributed by atoms with E-state index >= 15 is 0 Å². The van der Waals surface area contributed by atoms with Crippen LogP contribution in [0, 0.1) is 0 Å². The highest BCUT2D eigenvalue weighted by Crippen LogP contribution is 2.21. The molecule has 24 heavy (non-hydrogen) atoms. The molecule has 1 amide bonds. The minimum atomic E-state index is -0.119. The number of amides is 1. The second-order valence-electron chi connectivity index (χ2n) is 6.08. The highest BCUT2D eigenvalue weighted by atomic mass is 16.1. The number of anilines is 1. The summed E-state index contributed by atoms with van der Waals surface area (Å²) in [7, 11) is 0. The van der Waals surface area contributed by atoms with Crippen LogP contribution < -0.4 is 10.2 Å². The third kappa shape index (κ3) is 3.51. The third-order valence-corrected chi connectivity index (χ3v) is 4.61. The van der Waals surface area contributed by atoms with Crippen LogP contribution >= 0.6 is 0 Å². The van der Waals surface area contributed by atoms with Gasteiger partial charge in [-0.15, -0.1) is 0 Å². The van der Waals surface area contributed by atoms with Gasteiger partial charge in [0.1, 0.15) is 11.5 Å². The molecule has 0 saturated carbocycles. The van der Waals surface area contributed by atoms with Gasteiger partial charge in [-0.2, -0.15) is 9.61 Å². The molecule has 1 fully saturated rings. The van der Waals surface area contributed by atoms with Crippen molar-refractivity contribution < 1.29 is 4.79 Å². The predicted molar refractivity (Wildman–Crippen MR) is 94.6 cm³/mol. The van der Waals surface area contributed by atoms with Gasteiger partial charge in [0, 0.05) is 38.3 Å². The zero-order chi connectivity index (χ0) is 16.9. The Labute approximate surface area is 142 Å². The summed E-state index contributed by atoms with van der Waals surface area (Å²) in [6.07, 6.45) is 4.08. The number of carbonyl (C=O) groups excluding carboxylic acids is 1. The van der Waals surface area contributed by atoms with Gasteiger partial charge >= 0.3 is 0 Å². The Morgan fingerprint density at radius 3 is 2.75 bits per heavy atom. The molecule has 2 aromatic rings. The summed E-state index contributed by atoms with van der Waals surface area (Å²) < 4.78 is 1.82. The molecule has 0 aromatic carbocycles. The summed E-state index contributed by atoms with van der Waals surface area (Å²) in [5.74, 6) is 0.836. The maximum Gasteiger partial charge on any atom is 0.270 e. The number of aromatic nitrogens is 3. The van der Waals surface area contributed by atoms with E-state index in [9.17, 15) is 4.79 Å². The number of carbonyl (C=O) groups is 1. The summed E-state index contributed by atoms with van der Waals surface area (Å²) >= 11 is 0. The predicted octanol–water partition coefficient (Wildman–Crippen LogP) is 1.40. The van der Waals surface area contributed by atoms with Crippen molar-refractivity contribution in [1.29, 1.82) is 0 Å². The molecule has 1 aliphatic rings. The molecule has 130 valence electrons. The zero-order valence-electron chi connectivity index (χ0n) is 14.5. The molecule has 7 heteroatoms. The molecule has 0 unspecified atom stereocenters. The average Bonchev–Trinajstić information content (AvgIpc) is 3.28. The number of hydrogen-bond acceptors (Lipinski definition) is 5. The molecule has 1 aliphatic heterocycles. The van der Waals surface area contributed by atoms with Crippen LogP contribution in [0.25, 0.3) is 5.65 Å². The van der Waals surface area contributed by atoms with Crippen molar-refractivity contribution in [3.8, 4) is 0 Å². The number of likely N-dealkylation sites (N-methyl/N-ethyl adjacent to an activating group) is 1. The van der Waals surface area contributed by atoms with Crippen LogP contribution in [0.4, 0.5) is 5.82 Å². The molecule has 1 N–H and O–H groups in total. The zero-order valence-corrected chi connectivity index (χ0v) is 14.5. The summed E-state index contributed by atoms with van der Waals surface area (Å²) in [6, 6.07) is 3.70. The van der Waals surface area contributed by atoms with E-state index in [2.05, 4.69) is 39.0 Å². The van der Waals surface area contributed by atoms with Gasteiger partial charge in [-0.25, -0.2) is 4.98 Å². The second-order valence-corrected chi connectivity index (χ2v) is 6.08. The number of fused-ring (bicyclic) bond motifs is 1. The molecule has 0 atom stereocenters. The first-order chi connectivity index (χ1) is 11.7. The first kappa shape index (κ1) is 16.7. The van der Waals surface area contributed by atoms with Crippen LogP contribution in [0.2, 0.25) is 0 Å². The Kier molecular flexibility index (Phi) is 5.30. The number of nitrogens with one attached hydrogen (secondary N) is 1. The molecule has 3 heterocycles. The fraction of sp³-hybridized carbons (Fsp3) is 0.588. The maximum absolute atomic E-state index is 12.5. The Morgan fingerprint density at radius 2 is 2.04 bits per heavy atom. The van der Waals surface area contributed by atoms with E-state index in [1.165, 1.54) is 12.8 Å². The summed E-state index contributed by atoms with van der Waals surface area (Å²) in [5, 5.41) is 7.33. The van der Waals surface area contributed by atoms with Crippen molar-refractivity contribution in [3.05, 3.63) is 24.0 Å². The molecule has 0 bridgehead atoms. The molecule has 0 spiro atoms. The van der Waals surface area contributed by atoms with E-state index in [1.807, 2.05) is 16.6 Å². The fourth-order valence-electron chi connectivity index (χ4n) is 3.14. The molecular formula is C17H26N6O. The van der Waals surface area contributed by atoms with Crippen molar-refractivity contribution in [3.63, 3.8) is 0 Å². The summed E-state index contributed by atoms with van der Waals surface area (Å²) in [4.78, 5) is 21.5. The topological polar surface area (TPSA) is 65.8 Å². The van der Waals surface area contributed by atoms with Crippen LogP contribution in [-0.2, 0) is 0 Å². The standard InChI is InChI=1S/C17H26N6O/c1-3-21(4-2)12-9-18-17(24)14-13-16(22-10-5-6-11-22)23-15(20-14)7-8-19-23/h7-8,13H,3-6,9-12H2,1-2H3,(H,18,24). The second kappa shape index (κ2) is 7.61. The number of nitrogens with zero attached hydrogens (tertiary/aromatic N) is 5. The summed E-state index contributed by atoms with van der Waals surface area (Å²) in [6.45, 7) is 9.73. The van der Waals surface area contributed by atoms with E-state index < -0.39 is 0 Å². The molecule has 0 aliphatic carbocycles. The Bertz CT molecular complexity index is 687. The summed E-state index contributed by atoms with van der Waals surface area (Å²) in [5.41, 5.74) is 1.18. The lowest BCUT2D eigenvalue weighted by molar-refractivity contribution is 0.0944. The van der Waals surface area contributed by atoms with Gasteiger partial charge in [0.25, 0.3) is 5.91 Å². The molecule has 1 saturated heterocycles. The van der Waals surface area contributed by atoms with Crippen LogP contribution in [0.3, 0.4) is 0 Å². The quantitative estimate of drug-likeness (QED) is 0.831. The molecular weight excluding hydrogens is 304 g/mol. The average molecular weight is 330 g/mol. The van der Waals surface area contributed by atoms with Crippen molar-refractivity contribution in [2.75, 3.05) is 44.2 Å². The number of rotatable bonds is 7. The fourth-order valence-corrected chi connectivity index (χ4v) is 3.14. The van der Waals surface area contributed by atoms with Gasteiger partial charge in [-0.3, -0.25) is 4.79 Å². The Hall–Kier alpha value is -2.15. The molecule has 2 aromatic heterocycles. The lowest BCUT2D eigenvalue weighted by atomic mass is 10.3. The SMILES string of the molecule is CCN(CC)CCNC(=O)c1cc(N2CCCC2)n2nccc2n1. The molecule has 0 radical (unpaired) electrons. The highest BCUT2D eigenvalue weighted by Gasteiger charge is 2.19. The third-order valence-electron chi connectivity index (χ3n) is 4.61. The first-order valence-corrected chi connectivity index (χ1v) is 8.83. The van der Waals surface area contributed by atoms with Gasteiger partial charge in [0.15, 0.2) is 5.65 Å². The van der Waals surface area contributed by atoms with Crippen LogP contribution in [0.5, 0.6) is 0 Å². The van der Waals surface area contributed by atoms with Gasteiger partial charge < -0.3 is 15.1 Å². The molecule has 3 rings (SSSR count).